The van der Waals surface area contributed by atoms with E-state index < -0.39 is 0 Å². The van der Waals surface area contributed by atoms with Crippen LogP contribution in [0.4, 0.5) is 4.79 Å². The van der Waals surface area contributed by atoms with Crippen molar-refractivity contribution in [1.29, 1.82) is 0 Å². The van der Waals surface area contributed by atoms with Crippen LogP contribution in [0, 0.1) is 0 Å². The Morgan fingerprint density at radius 1 is 1.38 bits per heavy atom. The molecule has 4 nitrogen and oxygen atoms in total. The molecule has 1 fully saturated rings. The van der Waals surface area contributed by atoms with Gasteiger partial charge in [-0.3, -0.25) is 0 Å². The summed E-state index contributed by atoms with van der Waals surface area (Å²) in [4.78, 5) is 12.7. The van der Waals surface area contributed by atoms with Crippen molar-refractivity contribution >= 4 is 6.03 Å². The van der Waals surface area contributed by atoms with Crippen LogP contribution in [-0.2, 0) is 0 Å². The Bertz CT molecular complexity index is 182. The minimum atomic E-state index is -0.363. The normalized spacial score (nSPS) is 28.2. The van der Waals surface area contributed by atoms with E-state index in [2.05, 4.69) is 5.32 Å². The van der Waals surface area contributed by atoms with E-state index >= 15 is 0 Å². The van der Waals surface area contributed by atoms with Gasteiger partial charge >= 0.3 is 6.03 Å². The van der Waals surface area contributed by atoms with Gasteiger partial charge in [0.1, 0.15) is 0 Å². The smallest absolute Gasteiger partial charge is 0.317 e. The van der Waals surface area contributed by atoms with Gasteiger partial charge in [0.15, 0.2) is 0 Å². The fourth-order valence-electron chi connectivity index (χ4n) is 1.57. The molecule has 4 heteroatoms. The Hall–Kier alpha value is -0.770. The largest absolute Gasteiger partial charge is 0.391 e. The molecule has 13 heavy (non-hydrogen) atoms. The molecule has 1 aliphatic rings. The molecule has 0 saturated heterocycles. The Balaban J connectivity index is 2.38. The summed E-state index contributed by atoms with van der Waals surface area (Å²) in [5, 5.41) is 12.4. The second kappa shape index (κ2) is 4.46. The van der Waals surface area contributed by atoms with E-state index in [9.17, 15) is 9.90 Å². The Labute approximate surface area is 78.9 Å². The molecular weight excluding hydrogens is 168 g/mol. The molecule has 2 atom stereocenters. The van der Waals surface area contributed by atoms with Crippen molar-refractivity contribution in [3.05, 3.63) is 0 Å². The fraction of sp³-hybridized carbons (Fsp3) is 0.889. The minimum absolute atomic E-state index is 0.0522. The number of rotatable bonds is 1. The number of carbonyl (C=O) groups is 1. The maximum absolute atomic E-state index is 11.3. The number of nitrogens with one attached hydrogen (secondary N) is 1. The number of hydrogen-bond acceptors (Lipinski definition) is 2. The highest BCUT2D eigenvalue weighted by Crippen LogP contribution is 2.18. The number of aliphatic hydroxyl groups excluding tert-OH is 1. The molecule has 0 aromatic carbocycles. The first-order valence-corrected chi connectivity index (χ1v) is 4.77. The number of aliphatic hydroxyl groups is 1. The molecule has 1 saturated carbocycles. The van der Waals surface area contributed by atoms with Crippen LogP contribution in [0.2, 0.25) is 0 Å². The molecule has 1 rings (SSSR count). The molecule has 0 spiro atoms. The maximum Gasteiger partial charge on any atom is 0.317 e. The summed E-state index contributed by atoms with van der Waals surface area (Å²) in [6.45, 7) is 0. The van der Waals surface area contributed by atoms with Gasteiger partial charge in [-0.05, 0) is 12.8 Å². The first-order valence-electron chi connectivity index (χ1n) is 4.77. The highest BCUT2D eigenvalue weighted by Gasteiger charge is 2.24. The molecular formula is C9H18N2O2. The topological polar surface area (TPSA) is 52.6 Å². The molecule has 0 aromatic heterocycles. The van der Waals surface area contributed by atoms with Crippen LogP contribution in [0.5, 0.6) is 0 Å². The van der Waals surface area contributed by atoms with E-state index in [4.69, 9.17) is 0 Å². The number of hydrogen-bond donors (Lipinski definition) is 2. The van der Waals surface area contributed by atoms with Gasteiger partial charge in [0.25, 0.3) is 0 Å². The van der Waals surface area contributed by atoms with Crippen molar-refractivity contribution in [2.75, 3.05) is 14.1 Å². The predicted octanol–water partition coefficient (Wildman–Crippen LogP) is 0.561. The summed E-state index contributed by atoms with van der Waals surface area (Å²) in [5.74, 6) is 0. The summed E-state index contributed by atoms with van der Waals surface area (Å²) in [6.07, 6.45) is 3.49. The lowest BCUT2D eigenvalue weighted by Crippen LogP contribution is -2.48. The van der Waals surface area contributed by atoms with Crippen LogP contribution in [0.3, 0.4) is 0 Å². The van der Waals surface area contributed by atoms with Crippen molar-refractivity contribution in [2.24, 2.45) is 0 Å². The third-order valence-electron chi connectivity index (χ3n) is 2.44. The first kappa shape index (κ1) is 10.3. The SMILES string of the molecule is CN(C)C(=O)N[C@H]1CCCC[C@H]1O. The van der Waals surface area contributed by atoms with Crippen LogP contribution < -0.4 is 5.32 Å². The quantitative estimate of drug-likeness (QED) is 0.628. The van der Waals surface area contributed by atoms with E-state index in [1.54, 1.807) is 14.1 Å². The third-order valence-corrected chi connectivity index (χ3v) is 2.44. The van der Waals surface area contributed by atoms with Gasteiger partial charge in [-0.15, -0.1) is 0 Å². The van der Waals surface area contributed by atoms with Gasteiger partial charge in [-0.2, -0.15) is 0 Å². The third kappa shape index (κ3) is 2.88. The Morgan fingerprint density at radius 2 is 2.00 bits per heavy atom. The van der Waals surface area contributed by atoms with E-state index in [-0.39, 0.29) is 18.2 Å². The standard InChI is InChI=1S/C9H18N2O2/c1-11(2)9(13)10-7-5-3-4-6-8(7)12/h7-8,12H,3-6H2,1-2H3,(H,10,13)/t7-,8+/m0/s1. The maximum atomic E-state index is 11.3. The van der Waals surface area contributed by atoms with Crippen LogP contribution in [-0.4, -0.2) is 42.3 Å². The minimum Gasteiger partial charge on any atom is -0.391 e. The van der Waals surface area contributed by atoms with Crippen LogP contribution >= 0.6 is 0 Å². The average molecular weight is 186 g/mol. The van der Waals surface area contributed by atoms with Gasteiger partial charge in [-0.25, -0.2) is 4.79 Å². The molecule has 0 bridgehead atoms. The molecule has 2 N–H and O–H groups in total. The average Bonchev–Trinajstić information content (AvgIpc) is 2.08. The molecule has 2 amide bonds. The second-order valence-corrected chi connectivity index (χ2v) is 3.80. The highest BCUT2D eigenvalue weighted by molar-refractivity contribution is 5.73. The zero-order chi connectivity index (χ0) is 9.84. The van der Waals surface area contributed by atoms with Gasteiger partial charge < -0.3 is 15.3 Å². The monoisotopic (exact) mass is 186 g/mol. The summed E-state index contributed by atoms with van der Waals surface area (Å²) >= 11 is 0. The van der Waals surface area contributed by atoms with E-state index in [0.717, 1.165) is 25.7 Å². The van der Waals surface area contributed by atoms with E-state index in [1.165, 1.54) is 4.90 Å². The number of nitrogens with zero attached hydrogens (tertiary/aromatic N) is 1. The molecule has 0 radical (unpaired) electrons. The van der Waals surface area contributed by atoms with Crippen molar-refractivity contribution in [1.82, 2.24) is 10.2 Å². The lowest BCUT2D eigenvalue weighted by atomic mass is 9.93. The lowest BCUT2D eigenvalue weighted by Gasteiger charge is -2.29. The number of amides is 2. The van der Waals surface area contributed by atoms with Crippen molar-refractivity contribution in [2.45, 2.75) is 37.8 Å². The van der Waals surface area contributed by atoms with Crippen LogP contribution in [0.15, 0.2) is 0 Å². The zero-order valence-corrected chi connectivity index (χ0v) is 8.29. The molecule has 76 valence electrons. The van der Waals surface area contributed by atoms with E-state index in [1.807, 2.05) is 0 Å². The molecule has 0 aliphatic heterocycles. The van der Waals surface area contributed by atoms with Gasteiger partial charge in [0, 0.05) is 14.1 Å². The lowest BCUT2D eigenvalue weighted by molar-refractivity contribution is 0.0917. The molecule has 0 heterocycles. The zero-order valence-electron chi connectivity index (χ0n) is 8.29. The summed E-state index contributed by atoms with van der Waals surface area (Å²) in [5.41, 5.74) is 0. The highest BCUT2D eigenvalue weighted by atomic mass is 16.3. The van der Waals surface area contributed by atoms with Gasteiger partial charge in [0.05, 0.1) is 12.1 Å². The summed E-state index contributed by atoms with van der Waals surface area (Å²) in [6, 6.07) is -0.172. The molecule has 1 aliphatic carbocycles. The van der Waals surface area contributed by atoms with Crippen LogP contribution in [0.25, 0.3) is 0 Å². The van der Waals surface area contributed by atoms with Gasteiger partial charge in [-0.1, -0.05) is 12.8 Å². The second-order valence-electron chi connectivity index (χ2n) is 3.80. The summed E-state index contributed by atoms with van der Waals surface area (Å²) in [7, 11) is 3.40. The predicted molar refractivity (Wildman–Crippen MR) is 50.5 cm³/mol. The number of urea groups is 1. The van der Waals surface area contributed by atoms with Crippen molar-refractivity contribution < 1.29 is 9.90 Å². The van der Waals surface area contributed by atoms with E-state index in [0.29, 0.717) is 0 Å². The fourth-order valence-corrected chi connectivity index (χ4v) is 1.57. The summed E-state index contributed by atoms with van der Waals surface area (Å²) < 4.78 is 0. The molecule has 0 unspecified atom stereocenters. The van der Waals surface area contributed by atoms with Crippen molar-refractivity contribution in [3.8, 4) is 0 Å². The Morgan fingerprint density at radius 3 is 2.54 bits per heavy atom. The van der Waals surface area contributed by atoms with Crippen LogP contribution in [0.1, 0.15) is 25.7 Å². The number of carbonyl (C=O) groups excluding carboxylic acids is 1. The van der Waals surface area contributed by atoms with Crippen molar-refractivity contribution in [3.63, 3.8) is 0 Å². The Kier molecular flexibility index (Phi) is 3.54. The molecule has 0 aromatic rings. The van der Waals surface area contributed by atoms with Gasteiger partial charge in [0.2, 0.25) is 0 Å². The first-order chi connectivity index (χ1) is 6.11.